The van der Waals surface area contributed by atoms with Gasteiger partial charge in [0.25, 0.3) is 15.9 Å². The maximum absolute atomic E-state index is 12.5. The summed E-state index contributed by atoms with van der Waals surface area (Å²) in [5.41, 5.74) is 1.24. The van der Waals surface area contributed by atoms with Crippen molar-refractivity contribution in [3.63, 3.8) is 0 Å². The molecule has 7 nitrogen and oxygen atoms in total. The number of carbonyl (C=O) groups is 1. The van der Waals surface area contributed by atoms with E-state index < -0.39 is 15.9 Å². The number of ether oxygens (including phenoxy) is 2. The Morgan fingerprint density at radius 2 is 1.55 bits per heavy atom. The molecule has 0 atom stereocenters. The Balaban J connectivity index is 1.75. The third-order valence-electron chi connectivity index (χ3n) is 4.11. The summed E-state index contributed by atoms with van der Waals surface area (Å²) in [6.07, 6.45) is 0. The lowest BCUT2D eigenvalue weighted by Crippen LogP contribution is -2.15. The molecule has 0 spiro atoms. The van der Waals surface area contributed by atoms with Gasteiger partial charge in [-0.1, -0.05) is 18.2 Å². The van der Waals surface area contributed by atoms with Crippen LogP contribution >= 0.6 is 0 Å². The lowest BCUT2D eigenvalue weighted by atomic mass is 10.2. The van der Waals surface area contributed by atoms with Crippen LogP contribution < -0.4 is 19.5 Å². The van der Waals surface area contributed by atoms with Crippen molar-refractivity contribution in [2.75, 3.05) is 24.3 Å². The molecule has 0 unspecified atom stereocenters. The van der Waals surface area contributed by atoms with Crippen LogP contribution in [0.5, 0.6) is 11.5 Å². The van der Waals surface area contributed by atoms with Gasteiger partial charge in [-0.15, -0.1) is 0 Å². The Hall–Kier alpha value is -3.52. The van der Waals surface area contributed by atoms with Gasteiger partial charge in [-0.2, -0.15) is 0 Å². The van der Waals surface area contributed by atoms with Gasteiger partial charge in [0.15, 0.2) is 0 Å². The summed E-state index contributed by atoms with van der Waals surface area (Å²) in [6, 6.07) is 19.2. The van der Waals surface area contributed by atoms with Crippen LogP contribution in [-0.4, -0.2) is 28.5 Å². The highest BCUT2D eigenvalue weighted by Gasteiger charge is 2.16. The van der Waals surface area contributed by atoms with Crippen molar-refractivity contribution in [2.45, 2.75) is 4.90 Å². The monoisotopic (exact) mass is 412 g/mol. The lowest BCUT2D eigenvalue weighted by Gasteiger charge is -2.12. The van der Waals surface area contributed by atoms with E-state index in [0.29, 0.717) is 28.4 Å². The summed E-state index contributed by atoms with van der Waals surface area (Å²) in [6.45, 7) is 0. The van der Waals surface area contributed by atoms with Crippen molar-refractivity contribution < 1.29 is 22.7 Å². The fourth-order valence-electron chi connectivity index (χ4n) is 2.60. The number of hydrogen-bond donors (Lipinski definition) is 2. The van der Waals surface area contributed by atoms with E-state index in [0.717, 1.165) is 0 Å². The molecule has 0 radical (unpaired) electrons. The molecule has 3 rings (SSSR count). The zero-order valence-corrected chi connectivity index (χ0v) is 16.7. The Morgan fingerprint density at radius 1 is 0.862 bits per heavy atom. The summed E-state index contributed by atoms with van der Waals surface area (Å²) in [7, 11) is -0.722. The topological polar surface area (TPSA) is 93.7 Å². The molecule has 0 fully saturated rings. The molecule has 0 bridgehead atoms. The van der Waals surface area contributed by atoms with Crippen LogP contribution in [0.3, 0.4) is 0 Å². The van der Waals surface area contributed by atoms with Gasteiger partial charge in [-0.05, 0) is 48.5 Å². The van der Waals surface area contributed by atoms with Gasteiger partial charge in [0.1, 0.15) is 11.5 Å². The first-order valence-electron chi connectivity index (χ1n) is 8.64. The van der Waals surface area contributed by atoms with Crippen molar-refractivity contribution >= 4 is 27.3 Å². The maximum Gasteiger partial charge on any atom is 0.261 e. The van der Waals surface area contributed by atoms with Crippen molar-refractivity contribution in [3.05, 3.63) is 78.4 Å². The molecular formula is C21H20N2O5S. The fraction of sp³-hybridized carbons (Fsp3) is 0.0952. The number of anilines is 2. The molecule has 1 amide bonds. The summed E-state index contributed by atoms with van der Waals surface area (Å²) in [5, 5.41) is 2.74. The SMILES string of the molecule is COc1ccc(NC(=O)c2ccc(S(=O)(=O)Nc3ccccc3)cc2)c(OC)c1. The van der Waals surface area contributed by atoms with E-state index in [4.69, 9.17) is 9.47 Å². The molecule has 3 aromatic carbocycles. The minimum atomic E-state index is -3.75. The van der Waals surface area contributed by atoms with Crippen molar-refractivity contribution in [1.29, 1.82) is 0 Å². The number of methoxy groups -OCH3 is 2. The van der Waals surface area contributed by atoms with E-state index in [9.17, 15) is 13.2 Å². The van der Waals surface area contributed by atoms with Crippen LogP contribution in [0.1, 0.15) is 10.4 Å². The summed E-state index contributed by atoms with van der Waals surface area (Å²) in [5.74, 6) is 0.651. The first kappa shape index (κ1) is 20.2. The highest BCUT2D eigenvalue weighted by atomic mass is 32.2. The smallest absolute Gasteiger partial charge is 0.261 e. The van der Waals surface area contributed by atoms with Crippen LogP contribution in [0.25, 0.3) is 0 Å². The summed E-state index contributed by atoms with van der Waals surface area (Å²) in [4.78, 5) is 12.6. The average molecular weight is 412 g/mol. The van der Waals surface area contributed by atoms with Gasteiger partial charge >= 0.3 is 0 Å². The highest BCUT2D eigenvalue weighted by Crippen LogP contribution is 2.29. The predicted molar refractivity (Wildman–Crippen MR) is 111 cm³/mol. The van der Waals surface area contributed by atoms with Crippen molar-refractivity contribution in [1.82, 2.24) is 0 Å². The molecule has 0 saturated carbocycles. The molecule has 0 aromatic heterocycles. The van der Waals surface area contributed by atoms with Crippen molar-refractivity contribution in [3.8, 4) is 11.5 Å². The number of sulfonamides is 1. The van der Waals surface area contributed by atoms with E-state index in [1.54, 1.807) is 48.5 Å². The number of nitrogens with one attached hydrogen (secondary N) is 2. The van der Waals surface area contributed by atoms with E-state index in [1.165, 1.54) is 38.5 Å². The Bertz CT molecular complexity index is 1100. The zero-order valence-electron chi connectivity index (χ0n) is 15.9. The summed E-state index contributed by atoms with van der Waals surface area (Å²) < 4.78 is 37.8. The third kappa shape index (κ3) is 4.85. The molecule has 2 N–H and O–H groups in total. The molecule has 3 aromatic rings. The van der Waals surface area contributed by atoms with Crippen LogP contribution in [0.4, 0.5) is 11.4 Å². The fourth-order valence-corrected chi connectivity index (χ4v) is 3.66. The van der Waals surface area contributed by atoms with Gasteiger partial charge in [-0.25, -0.2) is 8.42 Å². The largest absolute Gasteiger partial charge is 0.497 e. The summed E-state index contributed by atoms with van der Waals surface area (Å²) >= 11 is 0. The third-order valence-corrected chi connectivity index (χ3v) is 5.51. The molecule has 0 heterocycles. The molecule has 0 aliphatic heterocycles. The second kappa shape index (κ2) is 8.66. The first-order chi connectivity index (χ1) is 13.9. The number of benzene rings is 3. The van der Waals surface area contributed by atoms with E-state index in [2.05, 4.69) is 10.0 Å². The second-order valence-electron chi connectivity index (χ2n) is 6.02. The number of rotatable bonds is 7. The number of amides is 1. The van der Waals surface area contributed by atoms with E-state index in [1.807, 2.05) is 0 Å². The molecule has 0 aliphatic rings. The van der Waals surface area contributed by atoms with Gasteiger partial charge in [0, 0.05) is 17.3 Å². The highest BCUT2D eigenvalue weighted by molar-refractivity contribution is 7.92. The second-order valence-corrected chi connectivity index (χ2v) is 7.70. The Kier molecular flexibility index (Phi) is 6.04. The molecule has 0 saturated heterocycles. The van der Waals surface area contributed by atoms with Crippen LogP contribution in [0.15, 0.2) is 77.7 Å². The number of hydrogen-bond acceptors (Lipinski definition) is 5. The van der Waals surface area contributed by atoms with Gasteiger partial charge in [0.2, 0.25) is 0 Å². The minimum Gasteiger partial charge on any atom is -0.497 e. The van der Waals surface area contributed by atoms with Crippen LogP contribution in [0.2, 0.25) is 0 Å². The lowest BCUT2D eigenvalue weighted by molar-refractivity contribution is 0.102. The van der Waals surface area contributed by atoms with Gasteiger partial charge in [-0.3, -0.25) is 9.52 Å². The number of carbonyl (C=O) groups excluding carboxylic acids is 1. The molecule has 150 valence electrons. The van der Waals surface area contributed by atoms with Gasteiger partial charge < -0.3 is 14.8 Å². The molecular weight excluding hydrogens is 392 g/mol. The van der Waals surface area contributed by atoms with Gasteiger partial charge in [0.05, 0.1) is 24.8 Å². The maximum atomic E-state index is 12.5. The van der Waals surface area contributed by atoms with E-state index >= 15 is 0 Å². The minimum absolute atomic E-state index is 0.0555. The van der Waals surface area contributed by atoms with Crippen LogP contribution in [-0.2, 0) is 10.0 Å². The van der Waals surface area contributed by atoms with E-state index in [-0.39, 0.29) is 4.90 Å². The quantitative estimate of drug-likeness (QED) is 0.616. The predicted octanol–water partition coefficient (Wildman–Crippen LogP) is 3.76. The Morgan fingerprint density at radius 3 is 2.17 bits per heavy atom. The standard InChI is InChI=1S/C21H20N2O5S/c1-27-17-10-13-19(20(14-17)28-2)22-21(24)15-8-11-18(12-9-15)29(25,26)23-16-6-4-3-5-7-16/h3-14,23H,1-2H3,(H,22,24). The van der Waals surface area contributed by atoms with Crippen molar-refractivity contribution in [2.24, 2.45) is 0 Å². The average Bonchev–Trinajstić information content (AvgIpc) is 2.74. The first-order valence-corrected chi connectivity index (χ1v) is 10.1. The molecule has 29 heavy (non-hydrogen) atoms. The molecule has 0 aliphatic carbocycles. The number of para-hydroxylation sites is 1. The molecule has 8 heteroatoms. The zero-order chi connectivity index (χ0) is 20.9. The van der Waals surface area contributed by atoms with Crippen LogP contribution in [0, 0.1) is 0 Å². The Labute approximate surface area is 169 Å². The normalized spacial score (nSPS) is 10.8.